The van der Waals surface area contributed by atoms with Gasteiger partial charge in [0.2, 0.25) is 5.91 Å². The number of carbonyl (C=O) groups is 1. The van der Waals surface area contributed by atoms with E-state index in [1.54, 1.807) is 19.0 Å². The zero-order valence-electron chi connectivity index (χ0n) is 9.95. The number of likely N-dealkylation sites (N-methyl/N-ethyl adjacent to an activating group) is 2. The van der Waals surface area contributed by atoms with Crippen molar-refractivity contribution in [2.75, 3.05) is 34.2 Å². The Labute approximate surface area is 87.0 Å². The first-order chi connectivity index (χ1) is 6.40. The summed E-state index contributed by atoms with van der Waals surface area (Å²) >= 11 is 0. The molecule has 0 fully saturated rings. The van der Waals surface area contributed by atoms with Crippen LogP contribution in [0.2, 0.25) is 0 Å². The highest BCUT2D eigenvalue weighted by Crippen LogP contribution is 2.03. The molecule has 4 heteroatoms. The van der Waals surface area contributed by atoms with Crippen LogP contribution in [0, 0.1) is 5.92 Å². The molecule has 1 amide bonds. The molecule has 0 aliphatic heterocycles. The second kappa shape index (κ2) is 5.98. The highest BCUT2D eigenvalue weighted by Gasteiger charge is 2.20. The lowest BCUT2D eigenvalue weighted by atomic mass is 10.1. The minimum atomic E-state index is -0.0704. The van der Waals surface area contributed by atoms with Crippen LogP contribution in [0.5, 0.6) is 0 Å². The zero-order valence-corrected chi connectivity index (χ0v) is 9.95. The quantitative estimate of drug-likeness (QED) is 0.680. The second-order valence-electron chi connectivity index (χ2n) is 4.19. The largest absolute Gasteiger partial charge is 0.347 e. The van der Waals surface area contributed by atoms with E-state index in [4.69, 9.17) is 5.73 Å². The molecule has 0 saturated heterocycles. The third-order valence-corrected chi connectivity index (χ3v) is 2.46. The van der Waals surface area contributed by atoms with Gasteiger partial charge in [0.1, 0.15) is 0 Å². The van der Waals surface area contributed by atoms with Crippen molar-refractivity contribution in [3.05, 3.63) is 0 Å². The van der Waals surface area contributed by atoms with Gasteiger partial charge in [-0.25, -0.2) is 0 Å². The fourth-order valence-corrected chi connectivity index (χ4v) is 1.29. The van der Waals surface area contributed by atoms with Crippen LogP contribution in [0.4, 0.5) is 0 Å². The number of hydrogen-bond donors (Lipinski definition) is 1. The molecule has 14 heavy (non-hydrogen) atoms. The van der Waals surface area contributed by atoms with Crippen molar-refractivity contribution in [3.63, 3.8) is 0 Å². The molecule has 0 aromatic heterocycles. The fraction of sp³-hybridized carbons (Fsp3) is 0.900. The third kappa shape index (κ3) is 4.07. The summed E-state index contributed by atoms with van der Waals surface area (Å²) in [6.07, 6.45) is 0. The van der Waals surface area contributed by atoms with Gasteiger partial charge in [0.05, 0.1) is 6.04 Å². The fourth-order valence-electron chi connectivity index (χ4n) is 1.29. The molecule has 84 valence electrons. The van der Waals surface area contributed by atoms with E-state index < -0.39 is 0 Å². The van der Waals surface area contributed by atoms with Crippen molar-refractivity contribution in [2.24, 2.45) is 11.7 Å². The minimum absolute atomic E-state index is 0.0704. The Morgan fingerprint density at radius 1 is 1.29 bits per heavy atom. The normalized spacial score (nSPS) is 15.4. The summed E-state index contributed by atoms with van der Waals surface area (Å²) in [5.41, 5.74) is 5.53. The van der Waals surface area contributed by atoms with E-state index in [1.807, 2.05) is 18.9 Å². The van der Waals surface area contributed by atoms with Crippen molar-refractivity contribution >= 4 is 5.91 Å². The van der Waals surface area contributed by atoms with E-state index in [0.29, 0.717) is 12.5 Å². The number of hydrogen-bond acceptors (Lipinski definition) is 3. The monoisotopic (exact) mass is 201 g/mol. The van der Waals surface area contributed by atoms with Crippen LogP contribution in [0.15, 0.2) is 0 Å². The molecular weight excluding hydrogens is 178 g/mol. The lowest BCUT2D eigenvalue weighted by molar-refractivity contribution is -0.133. The SMILES string of the molecule is CC(CN)CN(C)C(C)C(=O)N(C)C. The number of amides is 1. The van der Waals surface area contributed by atoms with E-state index in [1.165, 1.54) is 0 Å². The van der Waals surface area contributed by atoms with Gasteiger partial charge in [0.25, 0.3) is 0 Å². The Balaban J connectivity index is 4.11. The topological polar surface area (TPSA) is 49.6 Å². The van der Waals surface area contributed by atoms with Gasteiger partial charge in [-0.15, -0.1) is 0 Å². The maximum atomic E-state index is 11.6. The number of carbonyl (C=O) groups excluding carboxylic acids is 1. The van der Waals surface area contributed by atoms with Gasteiger partial charge in [0.15, 0.2) is 0 Å². The smallest absolute Gasteiger partial charge is 0.239 e. The molecule has 4 nitrogen and oxygen atoms in total. The van der Waals surface area contributed by atoms with Crippen LogP contribution < -0.4 is 5.73 Å². The predicted molar refractivity (Wildman–Crippen MR) is 59.0 cm³/mol. The molecule has 0 radical (unpaired) electrons. The van der Waals surface area contributed by atoms with Crippen LogP contribution in [0.25, 0.3) is 0 Å². The average Bonchev–Trinajstić information content (AvgIpc) is 2.14. The molecular formula is C10H23N3O. The second-order valence-corrected chi connectivity index (χ2v) is 4.19. The van der Waals surface area contributed by atoms with E-state index in [0.717, 1.165) is 6.54 Å². The molecule has 0 spiro atoms. The molecule has 2 unspecified atom stereocenters. The van der Waals surface area contributed by atoms with E-state index in [9.17, 15) is 4.79 Å². The first-order valence-corrected chi connectivity index (χ1v) is 5.01. The average molecular weight is 201 g/mol. The number of rotatable bonds is 5. The molecule has 2 N–H and O–H groups in total. The first kappa shape index (κ1) is 13.4. The summed E-state index contributed by atoms with van der Waals surface area (Å²) in [4.78, 5) is 15.3. The van der Waals surface area contributed by atoms with Crippen molar-refractivity contribution in [3.8, 4) is 0 Å². The summed E-state index contributed by atoms with van der Waals surface area (Å²) < 4.78 is 0. The van der Waals surface area contributed by atoms with Crippen molar-refractivity contribution < 1.29 is 4.79 Å². The van der Waals surface area contributed by atoms with Crippen molar-refractivity contribution in [1.29, 1.82) is 0 Å². The minimum Gasteiger partial charge on any atom is -0.347 e. The van der Waals surface area contributed by atoms with E-state index in [-0.39, 0.29) is 11.9 Å². The summed E-state index contributed by atoms with van der Waals surface area (Å²) in [6.45, 7) is 5.53. The first-order valence-electron chi connectivity index (χ1n) is 5.01. The highest BCUT2D eigenvalue weighted by molar-refractivity contribution is 5.80. The Morgan fingerprint density at radius 3 is 2.14 bits per heavy atom. The zero-order chi connectivity index (χ0) is 11.3. The van der Waals surface area contributed by atoms with Crippen molar-refractivity contribution in [1.82, 2.24) is 9.80 Å². The van der Waals surface area contributed by atoms with Gasteiger partial charge in [-0.1, -0.05) is 6.92 Å². The third-order valence-electron chi connectivity index (χ3n) is 2.46. The van der Waals surface area contributed by atoms with Crippen LogP contribution in [0.3, 0.4) is 0 Å². The molecule has 0 saturated carbocycles. The summed E-state index contributed by atoms with van der Waals surface area (Å²) in [5, 5.41) is 0. The predicted octanol–water partition coefficient (Wildman–Crippen LogP) is -0.0103. The standard InChI is InChI=1S/C10H23N3O/c1-8(6-11)7-13(5)9(2)10(14)12(3)4/h8-9H,6-7,11H2,1-5H3. The Bertz CT molecular complexity index is 182. The molecule has 0 aromatic carbocycles. The van der Waals surface area contributed by atoms with Gasteiger partial charge in [-0.05, 0) is 26.4 Å². The van der Waals surface area contributed by atoms with Gasteiger partial charge in [-0.2, -0.15) is 0 Å². The van der Waals surface area contributed by atoms with Crippen LogP contribution in [-0.2, 0) is 4.79 Å². The Morgan fingerprint density at radius 2 is 1.79 bits per heavy atom. The van der Waals surface area contributed by atoms with E-state index >= 15 is 0 Å². The highest BCUT2D eigenvalue weighted by atomic mass is 16.2. The summed E-state index contributed by atoms with van der Waals surface area (Å²) in [5.74, 6) is 0.564. The van der Waals surface area contributed by atoms with Gasteiger partial charge < -0.3 is 10.6 Å². The summed E-state index contributed by atoms with van der Waals surface area (Å²) in [7, 11) is 5.51. The summed E-state index contributed by atoms with van der Waals surface area (Å²) in [6, 6.07) is -0.0704. The molecule has 0 aromatic rings. The molecule has 2 atom stereocenters. The lowest BCUT2D eigenvalue weighted by Crippen LogP contribution is -2.44. The maximum absolute atomic E-state index is 11.6. The van der Waals surface area contributed by atoms with Crippen molar-refractivity contribution in [2.45, 2.75) is 19.9 Å². The number of nitrogens with zero attached hydrogens (tertiary/aromatic N) is 2. The molecule has 0 bridgehead atoms. The molecule has 0 aliphatic carbocycles. The molecule has 0 rings (SSSR count). The van der Waals surface area contributed by atoms with Gasteiger partial charge in [-0.3, -0.25) is 9.69 Å². The number of nitrogens with two attached hydrogens (primary N) is 1. The van der Waals surface area contributed by atoms with Crippen LogP contribution in [-0.4, -0.2) is 56.0 Å². The van der Waals surface area contributed by atoms with Crippen LogP contribution in [0.1, 0.15) is 13.8 Å². The lowest BCUT2D eigenvalue weighted by Gasteiger charge is -2.28. The van der Waals surface area contributed by atoms with Gasteiger partial charge >= 0.3 is 0 Å². The van der Waals surface area contributed by atoms with Crippen LogP contribution >= 0.6 is 0 Å². The Kier molecular flexibility index (Phi) is 5.72. The maximum Gasteiger partial charge on any atom is 0.239 e. The molecule has 0 heterocycles. The Hall–Kier alpha value is -0.610. The van der Waals surface area contributed by atoms with Gasteiger partial charge in [0, 0.05) is 20.6 Å². The molecule has 0 aliphatic rings. The van der Waals surface area contributed by atoms with E-state index in [2.05, 4.69) is 6.92 Å².